The first kappa shape index (κ1) is 23.1. The predicted molar refractivity (Wildman–Crippen MR) is 143 cm³/mol. The van der Waals surface area contributed by atoms with E-state index in [-0.39, 0.29) is 17.7 Å². The summed E-state index contributed by atoms with van der Waals surface area (Å²) < 4.78 is 0. The summed E-state index contributed by atoms with van der Waals surface area (Å²) >= 11 is 0. The van der Waals surface area contributed by atoms with Crippen LogP contribution in [0, 0.1) is 0 Å². The Morgan fingerprint density at radius 1 is 0.703 bits per heavy atom. The maximum atomic E-state index is 13.1. The molecule has 0 unspecified atom stereocenters. The van der Waals surface area contributed by atoms with E-state index in [9.17, 15) is 14.4 Å². The summed E-state index contributed by atoms with van der Waals surface area (Å²) in [6.07, 6.45) is 0. The Morgan fingerprint density at radius 2 is 1.30 bits per heavy atom. The SMILES string of the molecule is O=C(c1ccc(-c2ccccc2)cc1)N1CC[NH+](CCN2C(=O)c3cccc4cccc(c34)C2=O)CC1. The highest BCUT2D eigenvalue weighted by atomic mass is 16.2. The number of imide groups is 1. The molecule has 37 heavy (non-hydrogen) atoms. The lowest BCUT2D eigenvalue weighted by molar-refractivity contribution is -0.903. The molecule has 6 nitrogen and oxygen atoms in total. The molecule has 0 aromatic heterocycles. The van der Waals surface area contributed by atoms with Crippen LogP contribution in [0.4, 0.5) is 0 Å². The Hall–Kier alpha value is -4.29. The highest BCUT2D eigenvalue weighted by Gasteiger charge is 2.34. The molecule has 3 amide bonds. The van der Waals surface area contributed by atoms with Gasteiger partial charge in [-0.25, -0.2) is 0 Å². The minimum atomic E-state index is -0.221. The standard InChI is InChI=1S/C31H27N3O3/c35-29(25-14-12-23(13-15-25)22-6-2-1-3-7-22)33-19-16-32(17-20-33)18-21-34-30(36)26-10-4-8-24-9-5-11-27(28(24)26)31(34)37/h1-15H,16-21H2/p+1. The Kier molecular flexibility index (Phi) is 6.02. The second kappa shape index (κ2) is 9.64. The third-order valence-electron chi connectivity index (χ3n) is 7.54. The summed E-state index contributed by atoms with van der Waals surface area (Å²) in [5, 5.41) is 1.67. The Morgan fingerprint density at radius 3 is 1.92 bits per heavy atom. The molecule has 6 heteroatoms. The number of hydrogen-bond acceptors (Lipinski definition) is 3. The van der Waals surface area contributed by atoms with Crippen molar-refractivity contribution in [2.75, 3.05) is 39.3 Å². The largest absolute Gasteiger partial charge is 0.331 e. The van der Waals surface area contributed by atoms with E-state index < -0.39 is 0 Å². The number of nitrogens with zero attached hydrogens (tertiary/aromatic N) is 2. The summed E-state index contributed by atoms with van der Waals surface area (Å²) in [4.78, 5) is 43.9. The van der Waals surface area contributed by atoms with Gasteiger partial charge >= 0.3 is 0 Å². The van der Waals surface area contributed by atoms with Crippen LogP contribution >= 0.6 is 0 Å². The molecule has 6 rings (SSSR count). The van der Waals surface area contributed by atoms with E-state index in [4.69, 9.17) is 0 Å². The van der Waals surface area contributed by atoms with Gasteiger partial charge in [-0.3, -0.25) is 19.3 Å². The number of nitrogens with one attached hydrogen (secondary N) is 1. The zero-order chi connectivity index (χ0) is 25.4. The van der Waals surface area contributed by atoms with Crippen LogP contribution in [-0.4, -0.2) is 66.8 Å². The first-order valence-corrected chi connectivity index (χ1v) is 12.8. The first-order valence-electron chi connectivity index (χ1n) is 12.8. The molecule has 1 saturated heterocycles. The second-order valence-electron chi connectivity index (χ2n) is 9.71. The van der Waals surface area contributed by atoms with E-state index in [0.29, 0.717) is 42.9 Å². The summed E-state index contributed by atoms with van der Waals surface area (Å²) in [7, 11) is 0. The monoisotopic (exact) mass is 490 g/mol. The summed E-state index contributed by atoms with van der Waals surface area (Å²) in [5.74, 6) is -0.396. The minimum absolute atomic E-state index is 0.0461. The van der Waals surface area contributed by atoms with Crippen molar-refractivity contribution in [3.63, 3.8) is 0 Å². The van der Waals surface area contributed by atoms with Gasteiger partial charge in [-0.05, 0) is 40.8 Å². The zero-order valence-electron chi connectivity index (χ0n) is 20.5. The molecular weight excluding hydrogens is 462 g/mol. The number of carbonyl (C=O) groups excluding carboxylic acids is 3. The molecule has 0 atom stereocenters. The van der Waals surface area contributed by atoms with E-state index in [0.717, 1.165) is 35.0 Å². The van der Waals surface area contributed by atoms with Crippen molar-refractivity contribution in [1.29, 1.82) is 0 Å². The molecule has 2 heterocycles. The highest BCUT2D eigenvalue weighted by Crippen LogP contribution is 2.29. The van der Waals surface area contributed by atoms with Crippen LogP contribution in [-0.2, 0) is 0 Å². The predicted octanol–water partition coefficient (Wildman–Crippen LogP) is 3.14. The number of rotatable bonds is 5. The average Bonchev–Trinajstić information content (AvgIpc) is 2.96. The molecule has 4 aromatic carbocycles. The Labute approximate surface area is 215 Å². The molecule has 0 radical (unpaired) electrons. The van der Waals surface area contributed by atoms with Crippen molar-refractivity contribution >= 4 is 28.5 Å². The number of benzene rings is 4. The van der Waals surface area contributed by atoms with Gasteiger partial charge in [0.05, 0.1) is 39.3 Å². The molecule has 4 aromatic rings. The van der Waals surface area contributed by atoms with Crippen molar-refractivity contribution in [3.8, 4) is 11.1 Å². The number of amides is 3. The van der Waals surface area contributed by atoms with Gasteiger partial charge in [0.25, 0.3) is 17.7 Å². The second-order valence-corrected chi connectivity index (χ2v) is 9.71. The van der Waals surface area contributed by atoms with Gasteiger partial charge in [0.1, 0.15) is 0 Å². The smallest absolute Gasteiger partial charge is 0.261 e. The minimum Gasteiger partial charge on any atom is -0.331 e. The van der Waals surface area contributed by atoms with Crippen molar-refractivity contribution < 1.29 is 19.3 Å². The van der Waals surface area contributed by atoms with E-state index in [1.165, 1.54) is 9.80 Å². The fraction of sp³-hybridized carbons (Fsp3) is 0.194. The van der Waals surface area contributed by atoms with Gasteiger partial charge in [-0.2, -0.15) is 0 Å². The van der Waals surface area contributed by atoms with Crippen LogP contribution < -0.4 is 4.90 Å². The van der Waals surface area contributed by atoms with Crippen molar-refractivity contribution in [2.45, 2.75) is 0 Å². The van der Waals surface area contributed by atoms with E-state index >= 15 is 0 Å². The molecule has 0 aliphatic carbocycles. The summed E-state index contributed by atoms with van der Waals surface area (Å²) in [6, 6.07) is 29.1. The van der Waals surface area contributed by atoms with Crippen molar-refractivity contribution in [1.82, 2.24) is 9.80 Å². The molecule has 1 N–H and O–H groups in total. The highest BCUT2D eigenvalue weighted by molar-refractivity contribution is 6.25. The molecule has 1 fully saturated rings. The van der Waals surface area contributed by atoms with Gasteiger partial charge < -0.3 is 9.80 Å². The zero-order valence-corrected chi connectivity index (χ0v) is 20.5. The molecule has 184 valence electrons. The third-order valence-corrected chi connectivity index (χ3v) is 7.54. The Balaban J connectivity index is 1.06. The fourth-order valence-electron chi connectivity index (χ4n) is 5.45. The lowest BCUT2D eigenvalue weighted by Gasteiger charge is -2.34. The van der Waals surface area contributed by atoms with Crippen LogP contribution in [0.25, 0.3) is 21.9 Å². The maximum Gasteiger partial charge on any atom is 0.261 e. The maximum absolute atomic E-state index is 13.1. The summed E-state index contributed by atoms with van der Waals surface area (Å²) in [6.45, 7) is 3.92. The lowest BCUT2D eigenvalue weighted by atomic mass is 9.94. The van der Waals surface area contributed by atoms with E-state index in [1.807, 2.05) is 71.6 Å². The van der Waals surface area contributed by atoms with Gasteiger partial charge in [0.2, 0.25) is 0 Å². The van der Waals surface area contributed by atoms with Gasteiger partial charge in [-0.1, -0.05) is 66.7 Å². The average molecular weight is 491 g/mol. The number of hydrogen-bond donors (Lipinski definition) is 1. The molecule has 2 aliphatic heterocycles. The van der Waals surface area contributed by atoms with E-state index in [1.54, 1.807) is 12.1 Å². The Bertz CT molecular complexity index is 1440. The number of quaternary nitrogens is 1. The normalized spacial score (nSPS) is 15.9. The van der Waals surface area contributed by atoms with Crippen LogP contribution in [0.3, 0.4) is 0 Å². The third kappa shape index (κ3) is 4.30. The quantitative estimate of drug-likeness (QED) is 0.438. The fourth-order valence-corrected chi connectivity index (χ4v) is 5.45. The van der Waals surface area contributed by atoms with Gasteiger partial charge in [0.15, 0.2) is 0 Å². The lowest BCUT2D eigenvalue weighted by Crippen LogP contribution is -3.15. The number of carbonyl (C=O) groups is 3. The molecule has 0 saturated carbocycles. The van der Waals surface area contributed by atoms with Crippen molar-refractivity contribution in [3.05, 3.63) is 108 Å². The van der Waals surface area contributed by atoms with Crippen LogP contribution in [0.1, 0.15) is 31.1 Å². The van der Waals surface area contributed by atoms with Gasteiger partial charge in [-0.15, -0.1) is 0 Å². The van der Waals surface area contributed by atoms with Gasteiger partial charge in [0, 0.05) is 22.1 Å². The van der Waals surface area contributed by atoms with Crippen LogP contribution in [0.2, 0.25) is 0 Å². The van der Waals surface area contributed by atoms with Crippen molar-refractivity contribution in [2.24, 2.45) is 0 Å². The summed E-state index contributed by atoms with van der Waals surface area (Å²) in [5.41, 5.74) is 4.10. The molecule has 2 aliphatic rings. The van der Waals surface area contributed by atoms with Crippen LogP contribution in [0.5, 0.6) is 0 Å². The molecular formula is C31H28N3O3+. The number of piperazine rings is 1. The van der Waals surface area contributed by atoms with Crippen LogP contribution in [0.15, 0.2) is 91.0 Å². The van der Waals surface area contributed by atoms with E-state index in [2.05, 4.69) is 12.1 Å². The molecule has 0 spiro atoms. The topological polar surface area (TPSA) is 62.1 Å². The molecule has 0 bridgehead atoms. The first-order chi connectivity index (χ1) is 18.1.